The minimum absolute atomic E-state index is 0.0385. The van der Waals surface area contributed by atoms with Gasteiger partial charge in [-0.15, -0.1) is 0 Å². The molecule has 1 amide bonds. The first kappa shape index (κ1) is 22.8. The van der Waals surface area contributed by atoms with Crippen LogP contribution in [0.1, 0.15) is 55.6 Å². The van der Waals surface area contributed by atoms with E-state index in [4.69, 9.17) is 13.9 Å². The molecule has 3 heterocycles. The average molecular weight is 491 g/mol. The molecule has 178 valence electrons. The zero-order valence-corrected chi connectivity index (χ0v) is 20.6. The molecular weight excluding hydrogens is 468 g/mol. The molecule has 5 rings (SSSR count). The lowest BCUT2D eigenvalue weighted by Gasteiger charge is -2.23. The van der Waals surface area contributed by atoms with E-state index in [1.54, 1.807) is 37.3 Å². The van der Waals surface area contributed by atoms with Crippen LogP contribution in [0.2, 0.25) is 0 Å². The number of rotatable bonds is 5. The molecule has 35 heavy (non-hydrogen) atoms. The summed E-state index contributed by atoms with van der Waals surface area (Å²) in [6.45, 7) is 5.06. The zero-order valence-electron chi connectivity index (χ0n) is 19.8. The number of hydrogen-bond donors (Lipinski definition) is 0. The number of thiazole rings is 1. The Labute approximate surface area is 204 Å². The number of methoxy groups -OCH3 is 2. The third-order valence-electron chi connectivity index (χ3n) is 6.06. The van der Waals surface area contributed by atoms with Crippen LogP contribution < -0.4 is 19.8 Å². The first-order valence-electron chi connectivity index (χ1n) is 10.9. The van der Waals surface area contributed by atoms with E-state index in [1.807, 2.05) is 13.0 Å². The number of anilines is 1. The van der Waals surface area contributed by atoms with E-state index in [-0.39, 0.29) is 22.5 Å². The maximum absolute atomic E-state index is 13.8. The maximum Gasteiger partial charge on any atom is 0.297 e. The van der Waals surface area contributed by atoms with Gasteiger partial charge < -0.3 is 13.9 Å². The van der Waals surface area contributed by atoms with Crippen LogP contribution in [0.15, 0.2) is 45.6 Å². The molecule has 1 aliphatic rings. The summed E-state index contributed by atoms with van der Waals surface area (Å²) in [7, 11) is 3.05. The molecule has 9 heteroatoms. The molecule has 0 bridgehead atoms. The Morgan fingerprint density at radius 2 is 1.80 bits per heavy atom. The van der Waals surface area contributed by atoms with Crippen molar-refractivity contribution in [2.75, 3.05) is 19.1 Å². The lowest BCUT2D eigenvalue weighted by atomic mass is 9.98. The van der Waals surface area contributed by atoms with Crippen molar-refractivity contribution in [2.24, 2.45) is 0 Å². The molecule has 1 aliphatic heterocycles. The van der Waals surface area contributed by atoms with Gasteiger partial charge in [0.05, 0.1) is 41.8 Å². The summed E-state index contributed by atoms with van der Waals surface area (Å²) >= 11 is 1.11. The van der Waals surface area contributed by atoms with Crippen molar-refractivity contribution < 1.29 is 23.5 Å². The highest BCUT2D eigenvalue weighted by molar-refractivity contribution is 7.17. The number of hydrogen-bond acceptors (Lipinski definition) is 8. The van der Waals surface area contributed by atoms with Crippen molar-refractivity contribution >= 4 is 39.1 Å². The van der Waals surface area contributed by atoms with E-state index >= 15 is 0 Å². The normalized spacial score (nSPS) is 14.9. The highest BCUT2D eigenvalue weighted by Crippen LogP contribution is 2.44. The highest BCUT2D eigenvalue weighted by Gasteiger charge is 2.45. The number of amides is 1. The summed E-state index contributed by atoms with van der Waals surface area (Å²) < 4.78 is 16.8. The second-order valence-electron chi connectivity index (χ2n) is 8.33. The quantitative estimate of drug-likeness (QED) is 0.369. The van der Waals surface area contributed by atoms with E-state index in [2.05, 4.69) is 4.98 Å². The van der Waals surface area contributed by atoms with Crippen molar-refractivity contribution in [2.45, 2.75) is 26.8 Å². The van der Waals surface area contributed by atoms with Gasteiger partial charge in [0, 0.05) is 6.92 Å². The molecule has 1 atom stereocenters. The SMILES string of the molecule is COc1ccc([C@H]2c3c(oc4ccc(C)cc4c3=O)C(=O)N2c2nc(C)c(C(C)=O)s2)cc1OC. The van der Waals surface area contributed by atoms with Crippen LogP contribution >= 0.6 is 11.3 Å². The van der Waals surface area contributed by atoms with Gasteiger partial charge in [0.15, 0.2) is 27.8 Å². The maximum atomic E-state index is 13.8. The Hall–Kier alpha value is -3.98. The van der Waals surface area contributed by atoms with E-state index in [9.17, 15) is 14.4 Å². The van der Waals surface area contributed by atoms with Crippen molar-refractivity contribution in [3.63, 3.8) is 0 Å². The summed E-state index contributed by atoms with van der Waals surface area (Å²) in [5.41, 5.74) is 2.30. The number of ether oxygens (including phenoxy) is 2. The van der Waals surface area contributed by atoms with Crippen molar-refractivity contribution in [3.05, 3.63) is 79.6 Å². The summed E-state index contributed by atoms with van der Waals surface area (Å²) in [6, 6.07) is 9.65. The van der Waals surface area contributed by atoms with Crippen LogP contribution in [0.3, 0.4) is 0 Å². The van der Waals surface area contributed by atoms with Gasteiger partial charge in [-0.25, -0.2) is 4.98 Å². The predicted octanol–water partition coefficient (Wildman–Crippen LogP) is 4.84. The van der Waals surface area contributed by atoms with Gasteiger partial charge in [0.25, 0.3) is 5.91 Å². The van der Waals surface area contributed by atoms with Gasteiger partial charge in [-0.3, -0.25) is 19.3 Å². The third-order valence-corrected chi connectivity index (χ3v) is 7.32. The summed E-state index contributed by atoms with van der Waals surface area (Å²) in [5, 5.41) is 0.701. The number of fused-ring (bicyclic) bond motifs is 2. The Bertz CT molecular complexity index is 1580. The number of carbonyl (C=O) groups excluding carboxylic acids is 2. The van der Waals surface area contributed by atoms with Crippen molar-refractivity contribution in [1.82, 2.24) is 4.98 Å². The van der Waals surface area contributed by atoms with E-state index in [0.29, 0.717) is 43.7 Å². The molecule has 0 saturated carbocycles. The molecule has 0 aliphatic carbocycles. The standard InChI is InChI=1S/C26H22N2O6S/c1-12-6-8-17-16(10-12)22(30)20-21(15-7-9-18(32-4)19(11-15)33-5)28(25(31)23(20)34-17)26-27-13(2)24(35-26)14(3)29/h6-11,21H,1-5H3/t21-/m0/s1. The Morgan fingerprint density at radius 1 is 1.06 bits per heavy atom. The summed E-state index contributed by atoms with van der Waals surface area (Å²) in [5.74, 6) is 0.282. The summed E-state index contributed by atoms with van der Waals surface area (Å²) in [6.07, 6.45) is 0. The largest absolute Gasteiger partial charge is 0.493 e. The molecule has 2 aromatic carbocycles. The molecule has 0 fully saturated rings. The topological polar surface area (TPSA) is 98.9 Å². The second-order valence-corrected chi connectivity index (χ2v) is 9.31. The Balaban J connectivity index is 1.81. The molecule has 4 aromatic rings. The van der Waals surface area contributed by atoms with Crippen LogP contribution in [0.25, 0.3) is 11.0 Å². The van der Waals surface area contributed by atoms with Crippen LogP contribution in [0, 0.1) is 13.8 Å². The van der Waals surface area contributed by atoms with Crippen molar-refractivity contribution in [1.29, 1.82) is 0 Å². The number of carbonyl (C=O) groups is 2. The molecular formula is C26H22N2O6S. The van der Waals surface area contributed by atoms with Gasteiger partial charge in [0.1, 0.15) is 5.58 Å². The number of ketones is 1. The van der Waals surface area contributed by atoms with E-state index in [0.717, 1.165) is 16.9 Å². The van der Waals surface area contributed by atoms with E-state index < -0.39 is 11.9 Å². The summed E-state index contributed by atoms with van der Waals surface area (Å²) in [4.78, 5) is 46.0. The molecule has 0 radical (unpaired) electrons. The van der Waals surface area contributed by atoms with Gasteiger partial charge in [-0.2, -0.15) is 0 Å². The van der Waals surface area contributed by atoms with Crippen molar-refractivity contribution in [3.8, 4) is 11.5 Å². The van der Waals surface area contributed by atoms with Crippen LogP contribution in [-0.2, 0) is 0 Å². The molecule has 8 nitrogen and oxygen atoms in total. The minimum atomic E-state index is -0.830. The molecule has 0 saturated heterocycles. The monoisotopic (exact) mass is 490 g/mol. The minimum Gasteiger partial charge on any atom is -0.493 e. The van der Waals surface area contributed by atoms with Gasteiger partial charge >= 0.3 is 0 Å². The first-order chi connectivity index (χ1) is 16.7. The van der Waals surface area contributed by atoms with Crippen LogP contribution in [0.5, 0.6) is 11.5 Å². The Kier molecular flexibility index (Phi) is 5.44. The predicted molar refractivity (Wildman–Crippen MR) is 132 cm³/mol. The number of Topliss-reactive ketones (excluding diaryl/α,β-unsaturated/α-hetero) is 1. The molecule has 0 N–H and O–H groups in total. The number of aryl methyl sites for hydroxylation is 2. The smallest absolute Gasteiger partial charge is 0.297 e. The fourth-order valence-electron chi connectivity index (χ4n) is 4.43. The number of aromatic nitrogens is 1. The molecule has 0 spiro atoms. The number of nitrogens with zero attached hydrogens (tertiary/aromatic N) is 2. The fourth-order valence-corrected chi connectivity index (χ4v) is 5.42. The number of benzene rings is 2. The molecule has 0 unspecified atom stereocenters. The van der Waals surface area contributed by atoms with Gasteiger partial charge in [0.2, 0.25) is 5.76 Å². The molecule has 2 aromatic heterocycles. The lowest BCUT2D eigenvalue weighted by Crippen LogP contribution is -2.29. The van der Waals surface area contributed by atoms with Crippen LogP contribution in [0.4, 0.5) is 5.13 Å². The van der Waals surface area contributed by atoms with Gasteiger partial charge in [-0.05, 0) is 43.7 Å². The van der Waals surface area contributed by atoms with Crippen LogP contribution in [-0.4, -0.2) is 30.9 Å². The third kappa shape index (κ3) is 3.50. The highest BCUT2D eigenvalue weighted by atomic mass is 32.1. The van der Waals surface area contributed by atoms with E-state index in [1.165, 1.54) is 26.0 Å². The average Bonchev–Trinajstić information content (AvgIpc) is 3.36. The zero-order chi connectivity index (χ0) is 25.0. The fraction of sp³-hybridized carbons (Fsp3) is 0.231. The first-order valence-corrected chi connectivity index (χ1v) is 11.7. The second kappa shape index (κ2) is 8.35. The lowest BCUT2D eigenvalue weighted by molar-refractivity contribution is 0.0969. The Morgan fingerprint density at radius 3 is 2.46 bits per heavy atom. The van der Waals surface area contributed by atoms with Gasteiger partial charge in [-0.1, -0.05) is 29.0 Å².